The van der Waals surface area contributed by atoms with E-state index in [4.69, 9.17) is 0 Å². The van der Waals surface area contributed by atoms with Gasteiger partial charge >= 0.3 is 0 Å². The van der Waals surface area contributed by atoms with Crippen molar-refractivity contribution < 1.29 is 4.79 Å². The fraction of sp³-hybridized carbons (Fsp3) is 0.412. The lowest BCUT2D eigenvalue weighted by atomic mass is 9.98. The Morgan fingerprint density at radius 1 is 1.33 bits per heavy atom. The van der Waals surface area contributed by atoms with Crippen molar-refractivity contribution in [1.29, 1.82) is 0 Å². The normalized spacial score (nSPS) is 12.1. The number of para-hydroxylation sites is 2. The van der Waals surface area contributed by atoms with Gasteiger partial charge in [0.2, 0.25) is 5.91 Å². The zero-order chi connectivity index (χ0) is 15.1. The van der Waals surface area contributed by atoms with Crippen LogP contribution in [0, 0.1) is 5.92 Å². The molecule has 0 spiro atoms. The second kappa shape index (κ2) is 7.62. The summed E-state index contributed by atoms with van der Waals surface area (Å²) in [5.41, 5.74) is 1.77. The number of aromatic nitrogens is 2. The first kappa shape index (κ1) is 15.3. The van der Waals surface area contributed by atoms with Crippen LogP contribution in [-0.4, -0.2) is 15.5 Å². The molecule has 0 aliphatic carbocycles. The summed E-state index contributed by atoms with van der Waals surface area (Å²) in [7, 11) is 0. The van der Waals surface area contributed by atoms with Crippen LogP contribution in [0.5, 0.6) is 0 Å². The number of anilines is 1. The van der Waals surface area contributed by atoms with Crippen molar-refractivity contribution in [2.75, 3.05) is 5.32 Å². The summed E-state index contributed by atoms with van der Waals surface area (Å²) < 4.78 is 1.91. The highest BCUT2D eigenvalue weighted by Gasteiger charge is 2.17. The monoisotopic (exact) mass is 285 g/mol. The van der Waals surface area contributed by atoms with Crippen LogP contribution in [-0.2, 0) is 4.79 Å². The largest absolute Gasteiger partial charge is 0.324 e. The fourth-order valence-electron chi connectivity index (χ4n) is 2.41. The molecule has 0 bridgehead atoms. The van der Waals surface area contributed by atoms with Gasteiger partial charge in [-0.15, -0.1) is 0 Å². The van der Waals surface area contributed by atoms with E-state index in [0.717, 1.165) is 37.1 Å². The third-order valence-corrected chi connectivity index (χ3v) is 3.71. The van der Waals surface area contributed by atoms with E-state index in [9.17, 15) is 4.79 Å². The van der Waals surface area contributed by atoms with Gasteiger partial charge in [0.1, 0.15) is 0 Å². The van der Waals surface area contributed by atoms with Gasteiger partial charge in [-0.05, 0) is 25.0 Å². The molecular formula is C17H23N3O. The van der Waals surface area contributed by atoms with Crippen molar-refractivity contribution in [3.63, 3.8) is 0 Å². The highest BCUT2D eigenvalue weighted by molar-refractivity contribution is 5.94. The average molecular weight is 285 g/mol. The summed E-state index contributed by atoms with van der Waals surface area (Å²) in [6, 6.07) is 7.80. The molecule has 4 heteroatoms. The molecule has 2 rings (SSSR count). The number of hydrogen-bond acceptors (Lipinski definition) is 2. The molecule has 1 atom stereocenters. The fourth-order valence-corrected chi connectivity index (χ4v) is 2.41. The standard InChI is InChI=1S/C17H23N3O/c1-3-5-8-14(4-2)17(21)19-15-9-6-7-10-16(15)20-12-11-18-13-20/h6-7,9-14H,3-5,8H2,1-2H3,(H,19,21). The predicted octanol–water partition coefficient (Wildman–Crippen LogP) is 4.03. The van der Waals surface area contributed by atoms with Gasteiger partial charge in [0.15, 0.2) is 0 Å². The van der Waals surface area contributed by atoms with Crippen LogP contribution >= 0.6 is 0 Å². The van der Waals surface area contributed by atoms with E-state index in [-0.39, 0.29) is 11.8 Å². The van der Waals surface area contributed by atoms with Crippen LogP contribution in [0.15, 0.2) is 43.0 Å². The van der Waals surface area contributed by atoms with E-state index in [1.54, 1.807) is 12.5 Å². The molecule has 0 saturated heterocycles. The minimum atomic E-state index is 0.0841. The van der Waals surface area contributed by atoms with Gasteiger partial charge in [0.25, 0.3) is 0 Å². The summed E-state index contributed by atoms with van der Waals surface area (Å²) in [5, 5.41) is 3.07. The number of unbranched alkanes of at least 4 members (excludes halogenated alkanes) is 1. The van der Waals surface area contributed by atoms with Crippen LogP contribution in [0.25, 0.3) is 5.69 Å². The molecule has 1 N–H and O–H groups in total. The van der Waals surface area contributed by atoms with E-state index in [0.29, 0.717) is 0 Å². The van der Waals surface area contributed by atoms with Crippen LogP contribution in [0.4, 0.5) is 5.69 Å². The molecule has 21 heavy (non-hydrogen) atoms. The third-order valence-electron chi connectivity index (χ3n) is 3.71. The predicted molar refractivity (Wildman–Crippen MR) is 85.5 cm³/mol. The molecule has 112 valence electrons. The number of rotatable bonds is 7. The Bertz CT molecular complexity index is 563. The quantitative estimate of drug-likeness (QED) is 0.835. The molecule has 0 radical (unpaired) electrons. The average Bonchev–Trinajstić information content (AvgIpc) is 3.02. The van der Waals surface area contributed by atoms with Crippen molar-refractivity contribution >= 4 is 11.6 Å². The number of hydrogen-bond donors (Lipinski definition) is 1. The molecule has 1 aromatic heterocycles. The Morgan fingerprint density at radius 3 is 2.81 bits per heavy atom. The van der Waals surface area contributed by atoms with Gasteiger partial charge in [0.05, 0.1) is 17.7 Å². The Morgan fingerprint density at radius 2 is 2.14 bits per heavy atom. The van der Waals surface area contributed by atoms with E-state index in [1.165, 1.54) is 0 Å². The zero-order valence-corrected chi connectivity index (χ0v) is 12.7. The van der Waals surface area contributed by atoms with Crippen LogP contribution in [0.1, 0.15) is 39.5 Å². The summed E-state index contributed by atoms with van der Waals surface area (Å²) in [6.45, 7) is 4.22. The van der Waals surface area contributed by atoms with Crippen molar-refractivity contribution in [1.82, 2.24) is 9.55 Å². The Hall–Kier alpha value is -2.10. The number of nitrogens with one attached hydrogen (secondary N) is 1. The van der Waals surface area contributed by atoms with E-state index in [2.05, 4.69) is 24.1 Å². The maximum Gasteiger partial charge on any atom is 0.227 e. The Kier molecular flexibility index (Phi) is 5.55. The number of amides is 1. The van der Waals surface area contributed by atoms with E-state index in [1.807, 2.05) is 35.0 Å². The molecule has 1 heterocycles. The maximum atomic E-state index is 12.4. The lowest BCUT2D eigenvalue weighted by Crippen LogP contribution is -2.23. The van der Waals surface area contributed by atoms with Gasteiger partial charge in [-0.2, -0.15) is 0 Å². The highest BCUT2D eigenvalue weighted by atomic mass is 16.1. The summed E-state index contributed by atoms with van der Waals surface area (Å²) in [6.07, 6.45) is 9.38. The van der Waals surface area contributed by atoms with Gasteiger partial charge in [-0.1, -0.05) is 38.8 Å². The summed E-state index contributed by atoms with van der Waals surface area (Å²) >= 11 is 0. The van der Waals surface area contributed by atoms with Gasteiger partial charge < -0.3 is 9.88 Å². The van der Waals surface area contributed by atoms with Gasteiger partial charge in [-0.25, -0.2) is 4.98 Å². The van der Waals surface area contributed by atoms with Crippen molar-refractivity contribution in [3.8, 4) is 5.69 Å². The first-order valence-electron chi connectivity index (χ1n) is 7.64. The minimum Gasteiger partial charge on any atom is -0.324 e. The zero-order valence-electron chi connectivity index (χ0n) is 12.7. The number of imidazole rings is 1. The second-order valence-electron chi connectivity index (χ2n) is 5.22. The number of carbonyl (C=O) groups excluding carboxylic acids is 1. The smallest absolute Gasteiger partial charge is 0.227 e. The lowest BCUT2D eigenvalue weighted by Gasteiger charge is -2.17. The highest BCUT2D eigenvalue weighted by Crippen LogP contribution is 2.22. The minimum absolute atomic E-state index is 0.0841. The van der Waals surface area contributed by atoms with E-state index >= 15 is 0 Å². The maximum absolute atomic E-state index is 12.4. The molecular weight excluding hydrogens is 262 g/mol. The SMILES string of the molecule is CCCCC(CC)C(=O)Nc1ccccc1-n1ccnc1. The van der Waals surface area contributed by atoms with Gasteiger partial charge in [-0.3, -0.25) is 4.79 Å². The Labute approximate surface area is 126 Å². The topological polar surface area (TPSA) is 46.9 Å². The van der Waals surface area contributed by atoms with Crippen LogP contribution < -0.4 is 5.32 Å². The second-order valence-corrected chi connectivity index (χ2v) is 5.22. The summed E-state index contributed by atoms with van der Waals surface area (Å²) in [5.74, 6) is 0.194. The molecule has 1 aromatic carbocycles. The number of carbonyl (C=O) groups is 1. The first-order chi connectivity index (χ1) is 10.3. The molecule has 0 aliphatic heterocycles. The van der Waals surface area contributed by atoms with Gasteiger partial charge in [0, 0.05) is 18.3 Å². The molecule has 4 nitrogen and oxygen atoms in total. The molecule has 0 aliphatic rings. The van der Waals surface area contributed by atoms with E-state index < -0.39 is 0 Å². The van der Waals surface area contributed by atoms with Crippen LogP contribution in [0.3, 0.4) is 0 Å². The number of nitrogens with zero attached hydrogens (tertiary/aromatic N) is 2. The third kappa shape index (κ3) is 3.94. The molecule has 2 aromatic rings. The van der Waals surface area contributed by atoms with Crippen molar-refractivity contribution in [3.05, 3.63) is 43.0 Å². The molecule has 1 unspecified atom stereocenters. The molecule has 0 saturated carbocycles. The van der Waals surface area contributed by atoms with Crippen LogP contribution in [0.2, 0.25) is 0 Å². The lowest BCUT2D eigenvalue weighted by molar-refractivity contribution is -0.120. The molecule has 1 amide bonds. The number of benzene rings is 1. The Balaban J connectivity index is 2.14. The van der Waals surface area contributed by atoms with Crippen molar-refractivity contribution in [2.24, 2.45) is 5.92 Å². The first-order valence-corrected chi connectivity index (χ1v) is 7.64. The summed E-state index contributed by atoms with van der Waals surface area (Å²) in [4.78, 5) is 16.5. The van der Waals surface area contributed by atoms with Crippen molar-refractivity contribution in [2.45, 2.75) is 39.5 Å². The molecule has 0 fully saturated rings.